The van der Waals surface area contributed by atoms with Crippen LogP contribution >= 0.6 is 0 Å². The Kier molecular flexibility index (Phi) is 6.72. The van der Waals surface area contributed by atoms with E-state index >= 15 is 0 Å². The van der Waals surface area contributed by atoms with Crippen LogP contribution in [0, 0.1) is 0 Å². The van der Waals surface area contributed by atoms with Crippen molar-refractivity contribution in [2.24, 2.45) is 0 Å². The fraction of sp³-hybridized carbons (Fsp3) is 0.250. The summed E-state index contributed by atoms with van der Waals surface area (Å²) in [6, 6.07) is 17.3. The molecular weight excluding hydrogens is 476 g/mol. The molecule has 0 spiro atoms. The van der Waals surface area contributed by atoms with E-state index in [2.05, 4.69) is 4.72 Å². The van der Waals surface area contributed by atoms with Gasteiger partial charge in [-0.05, 0) is 92.1 Å². The molecule has 8 nitrogen and oxygen atoms in total. The van der Waals surface area contributed by atoms with Gasteiger partial charge in [-0.2, -0.15) is 0 Å². The third kappa shape index (κ3) is 4.83. The molecule has 180 valence electrons. The molecule has 0 amide bonds. The van der Waals surface area contributed by atoms with Crippen LogP contribution in [0.4, 0.5) is 11.4 Å². The quantitative estimate of drug-likeness (QED) is 0.499. The predicted octanol–water partition coefficient (Wildman–Crippen LogP) is 4.04. The molecule has 0 bridgehead atoms. The number of benzene rings is 3. The first-order chi connectivity index (χ1) is 16.2. The molecule has 0 saturated heterocycles. The van der Waals surface area contributed by atoms with Gasteiger partial charge in [-0.15, -0.1) is 0 Å². The number of rotatable bonds is 8. The molecule has 1 aliphatic heterocycles. The molecule has 1 heterocycles. The summed E-state index contributed by atoms with van der Waals surface area (Å²) in [5, 5.41) is 0. The van der Waals surface area contributed by atoms with E-state index < -0.39 is 20.0 Å². The van der Waals surface area contributed by atoms with Gasteiger partial charge in [0.1, 0.15) is 11.5 Å². The van der Waals surface area contributed by atoms with Crippen LogP contribution in [0.25, 0.3) is 0 Å². The fourth-order valence-corrected chi connectivity index (χ4v) is 6.44. The van der Waals surface area contributed by atoms with E-state index in [-0.39, 0.29) is 9.79 Å². The Labute approximate surface area is 200 Å². The van der Waals surface area contributed by atoms with Crippen molar-refractivity contribution in [3.05, 3.63) is 72.3 Å². The third-order valence-electron chi connectivity index (χ3n) is 5.50. The third-order valence-corrected chi connectivity index (χ3v) is 8.72. The molecular formula is C24H26N2O6S2. The molecule has 0 fully saturated rings. The smallest absolute Gasteiger partial charge is 0.264 e. The van der Waals surface area contributed by atoms with Crippen molar-refractivity contribution in [1.29, 1.82) is 0 Å². The molecule has 0 atom stereocenters. The van der Waals surface area contributed by atoms with Gasteiger partial charge in [-0.3, -0.25) is 9.03 Å². The van der Waals surface area contributed by atoms with Crippen LogP contribution in [0.3, 0.4) is 0 Å². The van der Waals surface area contributed by atoms with Gasteiger partial charge < -0.3 is 9.47 Å². The van der Waals surface area contributed by atoms with E-state index in [0.717, 1.165) is 5.56 Å². The summed E-state index contributed by atoms with van der Waals surface area (Å²) in [6.45, 7) is 2.69. The highest BCUT2D eigenvalue weighted by Gasteiger charge is 2.29. The van der Waals surface area contributed by atoms with Crippen LogP contribution in [0.1, 0.15) is 18.9 Å². The Balaban J connectivity index is 1.59. The van der Waals surface area contributed by atoms with E-state index in [0.29, 0.717) is 48.9 Å². The van der Waals surface area contributed by atoms with Gasteiger partial charge in [0.05, 0.1) is 29.2 Å². The van der Waals surface area contributed by atoms with Crippen molar-refractivity contribution in [3.8, 4) is 11.5 Å². The number of anilines is 2. The molecule has 4 rings (SSSR count). The molecule has 0 radical (unpaired) electrons. The number of hydrogen-bond donors (Lipinski definition) is 1. The Morgan fingerprint density at radius 3 is 2.18 bits per heavy atom. The first-order valence-corrected chi connectivity index (χ1v) is 13.7. The molecule has 34 heavy (non-hydrogen) atoms. The highest BCUT2D eigenvalue weighted by molar-refractivity contribution is 7.93. The lowest BCUT2D eigenvalue weighted by Gasteiger charge is -2.31. The number of methoxy groups -OCH3 is 1. The lowest BCUT2D eigenvalue weighted by molar-refractivity contribution is 0.340. The van der Waals surface area contributed by atoms with E-state index in [1.165, 1.54) is 35.7 Å². The Morgan fingerprint density at radius 1 is 0.882 bits per heavy atom. The summed E-state index contributed by atoms with van der Waals surface area (Å²) in [6.07, 6.45) is 1.26. The Hall–Kier alpha value is -3.24. The maximum absolute atomic E-state index is 13.3. The van der Waals surface area contributed by atoms with Crippen LogP contribution in [-0.2, 0) is 26.5 Å². The molecule has 0 unspecified atom stereocenters. The second-order valence-electron chi connectivity index (χ2n) is 7.71. The monoisotopic (exact) mass is 502 g/mol. The highest BCUT2D eigenvalue weighted by atomic mass is 32.2. The number of sulfonamides is 2. The topological polar surface area (TPSA) is 102 Å². The predicted molar refractivity (Wildman–Crippen MR) is 131 cm³/mol. The Bertz CT molecular complexity index is 1370. The van der Waals surface area contributed by atoms with Gasteiger partial charge in [-0.1, -0.05) is 0 Å². The average molecular weight is 503 g/mol. The molecule has 10 heteroatoms. The zero-order valence-electron chi connectivity index (χ0n) is 18.9. The second kappa shape index (κ2) is 9.55. The van der Waals surface area contributed by atoms with Gasteiger partial charge >= 0.3 is 0 Å². The number of fused-ring (bicyclic) bond motifs is 1. The molecule has 3 aromatic carbocycles. The number of aryl methyl sites for hydroxylation is 1. The minimum absolute atomic E-state index is 0.109. The van der Waals surface area contributed by atoms with E-state index in [4.69, 9.17) is 9.47 Å². The van der Waals surface area contributed by atoms with Crippen LogP contribution in [0.2, 0.25) is 0 Å². The van der Waals surface area contributed by atoms with Crippen molar-refractivity contribution in [1.82, 2.24) is 0 Å². The van der Waals surface area contributed by atoms with Gasteiger partial charge in [0.2, 0.25) is 0 Å². The second-order valence-corrected chi connectivity index (χ2v) is 11.3. The zero-order chi connectivity index (χ0) is 24.3. The number of nitrogens with one attached hydrogen (secondary N) is 1. The highest BCUT2D eigenvalue weighted by Crippen LogP contribution is 2.34. The first kappa shape index (κ1) is 23.9. The largest absolute Gasteiger partial charge is 0.497 e. The van der Waals surface area contributed by atoms with Crippen molar-refractivity contribution in [3.63, 3.8) is 0 Å². The summed E-state index contributed by atoms with van der Waals surface area (Å²) < 4.78 is 66.7. The first-order valence-electron chi connectivity index (χ1n) is 10.8. The fourth-order valence-electron chi connectivity index (χ4n) is 3.85. The molecule has 0 aromatic heterocycles. The maximum atomic E-state index is 13.3. The summed E-state index contributed by atoms with van der Waals surface area (Å²) in [5.41, 5.74) is 1.68. The van der Waals surface area contributed by atoms with Crippen LogP contribution in [0.15, 0.2) is 76.5 Å². The lowest BCUT2D eigenvalue weighted by Crippen LogP contribution is -2.35. The average Bonchev–Trinajstić information content (AvgIpc) is 2.84. The van der Waals surface area contributed by atoms with Crippen LogP contribution < -0.4 is 18.5 Å². The van der Waals surface area contributed by atoms with E-state index in [9.17, 15) is 16.8 Å². The summed E-state index contributed by atoms with van der Waals surface area (Å²) in [4.78, 5) is 0.277. The summed E-state index contributed by atoms with van der Waals surface area (Å²) >= 11 is 0. The van der Waals surface area contributed by atoms with E-state index in [1.54, 1.807) is 42.5 Å². The molecule has 0 aliphatic carbocycles. The lowest BCUT2D eigenvalue weighted by atomic mass is 10.0. The van der Waals surface area contributed by atoms with Gasteiger partial charge in [0.15, 0.2) is 0 Å². The zero-order valence-corrected chi connectivity index (χ0v) is 20.5. The molecule has 0 saturated carbocycles. The number of ether oxygens (including phenoxy) is 2. The molecule has 1 N–H and O–H groups in total. The summed E-state index contributed by atoms with van der Waals surface area (Å²) in [7, 11) is -6.07. The molecule has 1 aliphatic rings. The van der Waals surface area contributed by atoms with Crippen molar-refractivity contribution in [2.45, 2.75) is 29.6 Å². The number of hydrogen-bond acceptors (Lipinski definition) is 6. The minimum Gasteiger partial charge on any atom is -0.497 e. The van der Waals surface area contributed by atoms with Crippen LogP contribution in [-0.4, -0.2) is 37.1 Å². The van der Waals surface area contributed by atoms with Crippen molar-refractivity contribution >= 4 is 31.4 Å². The maximum Gasteiger partial charge on any atom is 0.264 e. The van der Waals surface area contributed by atoms with Crippen molar-refractivity contribution in [2.75, 3.05) is 29.3 Å². The van der Waals surface area contributed by atoms with Crippen LogP contribution in [0.5, 0.6) is 11.5 Å². The minimum atomic E-state index is -3.81. The van der Waals surface area contributed by atoms with Gasteiger partial charge in [0.25, 0.3) is 20.0 Å². The number of nitrogens with zero attached hydrogens (tertiary/aromatic N) is 1. The van der Waals surface area contributed by atoms with Crippen molar-refractivity contribution < 1.29 is 26.3 Å². The summed E-state index contributed by atoms with van der Waals surface area (Å²) in [5.74, 6) is 1.16. The Morgan fingerprint density at radius 2 is 1.53 bits per heavy atom. The van der Waals surface area contributed by atoms with Gasteiger partial charge in [-0.25, -0.2) is 16.8 Å². The van der Waals surface area contributed by atoms with Gasteiger partial charge in [0, 0.05) is 12.2 Å². The standard InChI is InChI=1S/C24H26N2O6S2/c1-3-32-21-9-11-22(12-10-21)33(27,28)25-19-6-15-24-18(17-19)5-4-16-26(24)34(29,30)23-13-7-20(31-2)8-14-23/h6-15,17,25H,3-5,16H2,1-2H3. The normalized spacial score (nSPS) is 13.8. The van der Waals surface area contributed by atoms with E-state index in [1.807, 2.05) is 6.92 Å². The SMILES string of the molecule is CCOc1ccc(S(=O)(=O)Nc2ccc3c(c2)CCCN3S(=O)(=O)c2ccc(OC)cc2)cc1. The molecule has 3 aromatic rings.